The van der Waals surface area contributed by atoms with Gasteiger partial charge in [-0.25, -0.2) is 0 Å². The van der Waals surface area contributed by atoms with Gasteiger partial charge in [0.2, 0.25) is 0 Å². The standard InChI is InChI=1S/C11H17BrO9S/c1-5(13)18-8-7(4-12)20-11(15)10(21-22(3,16)17)9(8)19-6(2)14/h7-11,15H,4H2,1-3H3. The molecule has 0 aromatic heterocycles. The fourth-order valence-electron chi connectivity index (χ4n) is 1.98. The molecule has 1 rings (SSSR count). The van der Waals surface area contributed by atoms with E-state index in [-0.39, 0.29) is 5.33 Å². The van der Waals surface area contributed by atoms with Gasteiger partial charge in [0.25, 0.3) is 10.1 Å². The van der Waals surface area contributed by atoms with E-state index < -0.39 is 52.8 Å². The lowest BCUT2D eigenvalue weighted by Crippen LogP contribution is -2.61. The van der Waals surface area contributed by atoms with Crippen LogP contribution in [0.15, 0.2) is 0 Å². The molecule has 0 aromatic carbocycles. The Kier molecular flexibility index (Phi) is 6.74. The predicted octanol–water partition coefficient (Wildman–Crippen LogP) is -0.693. The Morgan fingerprint density at radius 3 is 2.05 bits per heavy atom. The van der Waals surface area contributed by atoms with Crippen molar-refractivity contribution in [3.8, 4) is 0 Å². The molecule has 5 atom stereocenters. The molecule has 0 bridgehead atoms. The molecular weight excluding hydrogens is 388 g/mol. The van der Waals surface area contributed by atoms with E-state index in [1.807, 2.05) is 0 Å². The quantitative estimate of drug-likeness (QED) is 0.359. The van der Waals surface area contributed by atoms with E-state index >= 15 is 0 Å². The molecule has 22 heavy (non-hydrogen) atoms. The minimum absolute atomic E-state index is 0.144. The molecule has 1 N–H and O–H groups in total. The fourth-order valence-corrected chi connectivity index (χ4v) is 3.11. The van der Waals surface area contributed by atoms with Gasteiger partial charge in [-0.15, -0.1) is 0 Å². The second-order valence-electron chi connectivity index (χ2n) is 4.63. The molecule has 0 saturated carbocycles. The van der Waals surface area contributed by atoms with Gasteiger partial charge in [-0.1, -0.05) is 15.9 Å². The minimum Gasteiger partial charge on any atom is -0.456 e. The number of rotatable bonds is 5. The first-order valence-electron chi connectivity index (χ1n) is 6.17. The van der Waals surface area contributed by atoms with Gasteiger partial charge in [0.15, 0.2) is 24.6 Å². The molecule has 0 spiro atoms. The molecule has 1 heterocycles. The summed E-state index contributed by atoms with van der Waals surface area (Å²) in [5.41, 5.74) is 0. The topological polar surface area (TPSA) is 125 Å². The summed E-state index contributed by atoms with van der Waals surface area (Å²) in [4.78, 5) is 22.5. The normalized spacial score (nSPS) is 32.3. The lowest BCUT2D eigenvalue weighted by Gasteiger charge is -2.42. The smallest absolute Gasteiger partial charge is 0.303 e. The summed E-state index contributed by atoms with van der Waals surface area (Å²) in [5.74, 6) is -1.45. The molecule has 0 aliphatic carbocycles. The molecule has 1 saturated heterocycles. The third-order valence-electron chi connectivity index (χ3n) is 2.65. The first kappa shape index (κ1) is 19.3. The minimum atomic E-state index is -3.98. The number of ether oxygens (including phenoxy) is 3. The van der Waals surface area contributed by atoms with E-state index in [0.717, 1.165) is 20.1 Å². The van der Waals surface area contributed by atoms with Gasteiger partial charge in [0, 0.05) is 19.2 Å². The van der Waals surface area contributed by atoms with Gasteiger partial charge < -0.3 is 19.3 Å². The average Bonchev–Trinajstić information content (AvgIpc) is 2.34. The zero-order valence-corrected chi connectivity index (χ0v) is 14.5. The summed E-state index contributed by atoms with van der Waals surface area (Å²) in [6, 6.07) is 0. The third kappa shape index (κ3) is 5.47. The van der Waals surface area contributed by atoms with Gasteiger partial charge in [0.1, 0.15) is 6.10 Å². The zero-order valence-electron chi connectivity index (χ0n) is 12.1. The summed E-state index contributed by atoms with van der Waals surface area (Å²) in [5, 5.41) is 10.0. The molecule has 1 aliphatic heterocycles. The van der Waals surface area contributed by atoms with Gasteiger partial charge in [-0.3, -0.25) is 13.8 Å². The molecule has 0 radical (unpaired) electrons. The first-order chi connectivity index (χ1) is 10.0. The van der Waals surface area contributed by atoms with Crippen LogP contribution in [0.2, 0.25) is 0 Å². The van der Waals surface area contributed by atoms with Crippen molar-refractivity contribution >= 4 is 38.0 Å². The lowest BCUT2D eigenvalue weighted by molar-refractivity contribution is -0.276. The Hall–Kier alpha value is -0.750. The Morgan fingerprint density at radius 2 is 1.64 bits per heavy atom. The lowest BCUT2D eigenvalue weighted by atomic mass is 9.99. The maximum atomic E-state index is 11.3. The molecule has 11 heteroatoms. The van der Waals surface area contributed by atoms with E-state index in [2.05, 4.69) is 15.9 Å². The van der Waals surface area contributed by atoms with E-state index in [9.17, 15) is 23.1 Å². The largest absolute Gasteiger partial charge is 0.456 e. The van der Waals surface area contributed by atoms with Crippen LogP contribution < -0.4 is 0 Å². The number of hydrogen-bond donors (Lipinski definition) is 1. The van der Waals surface area contributed by atoms with Crippen molar-refractivity contribution in [1.82, 2.24) is 0 Å². The van der Waals surface area contributed by atoms with Crippen LogP contribution in [0, 0.1) is 0 Å². The van der Waals surface area contributed by atoms with Crippen molar-refractivity contribution in [2.75, 3.05) is 11.6 Å². The first-order valence-corrected chi connectivity index (χ1v) is 9.11. The Balaban J connectivity index is 3.16. The highest BCUT2D eigenvalue weighted by molar-refractivity contribution is 9.09. The van der Waals surface area contributed by atoms with Crippen LogP contribution in [0.25, 0.3) is 0 Å². The number of halogens is 1. The monoisotopic (exact) mass is 404 g/mol. The number of hydrogen-bond acceptors (Lipinski definition) is 9. The molecule has 1 aliphatic rings. The summed E-state index contributed by atoms with van der Waals surface area (Å²) in [6.07, 6.45) is -5.82. The molecule has 5 unspecified atom stereocenters. The van der Waals surface area contributed by atoms with Crippen LogP contribution in [0.5, 0.6) is 0 Å². The van der Waals surface area contributed by atoms with Crippen LogP contribution in [0.4, 0.5) is 0 Å². The summed E-state index contributed by atoms with van der Waals surface area (Å²) in [6.45, 7) is 2.22. The summed E-state index contributed by atoms with van der Waals surface area (Å²) < 4.78 is 42.6. The number of aliphatic hydroxyl groups is 1. The summed E-state index contributed by atoms with van der Waals surface area (Å²) in [7, 11) is -3.98. The van der Waals surface area contributed by atoms with E-state index in [0.29, 0.717) is 0 Å². The van der Waals surface area contributed by atoms with Crippen LogP contribution in [-0.2, 0) is 38.1 Å². The van der Waals surface area contributed by atoms with Crippen molar-refractivity contribution < 1.29 is 41.5 Å². The van der Waals surface area contributed by atoms with E-state index in [1.165, 1.54) is 0 Å². The molecular formula is C11H17BrO9S. The van der Waals surface area contributed by atoms with E-state index in [1.54, 1.807) is 0 Å². The Morgan fingerprint density at radius 1 is 1.14 bits per heavy atom. The number of carbonyl (C=O) groups excluding carboxylic acids is 2. The van der Waals surface area contributed by atoms with Crippen molar-refractivity contribution in [2.24, 2.45) is 0 Å². The Labute approximate surface area is 136 Å². The van der Waals surface area contributed by atoms with Gasteiger partial charge in [-0.05, 0) is 0 Å². The zero-order chi connectivity index (χ0) is 17.1. The number of carbonyl (C=O) groups is 2. The van der Waals surface area contributed by atoms with Crippen LogP contribution >= 0.6 is 15.9 Å². The van der Waals surface area contributed by atoms with Gasteiger partial charge in [-0.2, -0.15) is 8.42 Å². The van der Waals surface area contributed by atoms with Gasteiger partial charge in [0.05, 0.1) is 6.26 Å². The SMILES string of the molecule is CC(=O)OC1C(CBr)OC(O)C(OS(C)(=O)=O)C1OC(C)=O. The second kappa shape index (κ2) is 7.68. The predicted molar refractivity (Wildman–Crippen MR) is 75.5 cm³/mol. The number of aliphatic hydroxyl groups excluding tert-OH is 1. The third-order valence-corrected chi connectivity index (χ3v) is 3.86. The number of alkyl halides is 1. The Bertz CT molecular complexity index is 520. The molecule has 128 valence electrons. The number of esters is 2. The fraction of sp³-hybridized carbons (Fsp3) is 0.818. The molecule has 9 nitrogen and oxygen atoms in total. The van der Waals surface area contributed by atoms with Crippen molar-refractivity contribution in [2.45, 2.75) is 44.6 Å². The van der Waals surface area contributed by atoms with Crippen molar-refractivity contribution in [3.63, 3.8) is 0 Å². The summed E-state index contributed by atoms with van der Waals surface area (Å²) >= 11 is 3.12. The van der Waals surface area contributed by atoms with Crippen LogP contribution in [0.1, 0.15) is 13.8 Å². The van der Waals surface area contributed by atoms with Crippen LogP contribution in [0.3, 0.4) is 0 Å². The van der Waals surface area contributed by atoms with E-state index in [4.69, 9.17) is 18.4 Å². The highest BCUT2D eigenvalue weighted by atomic mass is 79.9. The molecule has 1 fully saturated rings. The molecule has 0 amide bonds. The average molecular weight is 405 g/mol. The highest BCUT2D eigenvalue weighted by Crippen LogP contribution is 2.29. The van der Waals surface area contributed by atoms with Crippen molar-refractivity contribution in [1.29, 1.82) is 0 Å². The van der Waals surface area contributed by atoms with Crippen molar-refractivity contribution in [3.05, 3.63) is 0 Å². The second-order valence-corrected chi connectivity index (χ2v) is 6.88. The molecule has 0 aromatic rings. The highest BCUT2D eigenvalue weighted by Gasteiger charge is 2.51. The maximum absolute atomic E-state index is 11.3. The van der Waals surface area contributed by atoms with Crippen LogP contribution in [-0.4, -0.2) is 67.8 Å². The maximum Gasteiger partial charge on any atom is 0.303 e. The van der Waals surface area contributed by atoms with Gasteiger partial charge >= 0.3 is 11.9 Å².